The van der Waals surface area contributed by atoms with Gasteiger partial charge in [0.15, 0.2) is 0 Å². The summed E-state index contributed by atoms with van der Waals surface area (Å²) in [6, 6.07) is 5.22. The van der Waals surface area contributed by atoms with Crippen molar-refractivity contribution in [2.75, 3.05) is 44.1 Å². The minimum absolute atomic E-state index is 0.0612. The molecule has 1 heterocycles. The molecule has 0 bridgehead atoms. The van der Waals surface area contributed by atoms with Crippen molar-refractivity contribution < 1.29 is 4.92 Å². The number of benzene rings is 1. The maximum absolute atomic E-state index is 11.3. The average Bonchev–Trinajstić information content (AvgIpc) is 2.46. The van der Waals surface area contributed by atoms with Gasteiger partial charge in [0, 0.05) is 19.6 Å². The lowest BCUT2D eigenvalue weighted by Gasteiger charge is -2.34. The molecule has 0 radical (unpaired) electrons. The van der Waals surface area contributed by atoms with Gasteiger partial charge in [0.1, 0.15) is 11.4 Å². The molecule has 0 unspecified atom stereocenters. The molecule has 2 rings (SSSR count). The quantitative estimate of drug-likeness (QED) is 0.488. The van der Waals surface area contributed by atoms with E-state index in [1.165, 1.54) is 0 Å². The predicted molar refractivity (Wildman–Crippen MR) is 84.4 cm³/mol. The van der Waals surface area contributed by atoms with E-state index in [1.54, 1.807) is 18.2 Å². The summed E-state index contributed by atoms with van der Waals surface area (Å²) in [5.41, 5.74) is 3.48. The van der Waals surface area contributed by atoms with Gasteiger partial charge in [-0.2, -0.15) is 0 Å². The Hall–Kier alpha value is -1.86. The average molecular weight is 293 g/mol. The molecule has 116 valence electrons. The summed E-state index contributed by atoms with van der Waals surface area (Å²) in [4.78, 5) is 15.3. The van der Waals surface area contributed by atoms with Crippen LogP contribution in [0.15, 0.2) is 18.2 Å². The highest BCUT2D eigenvalue weighted by atomic mass is 16.6. The second kappa shape index (κ2) is 6.73. The molecule has 0 atom stereocenters. The number of nitrogens with zero attached hydrogens (tertiary/aromatic N) is 3. The molecule has 0 aromatic heterocycles. The first-order valence-electron chi connectivity index (χ1n) is 7.16. The topological polar surface area (TPSA) is 87.7 Å². The zero-order valence-electron chi connectivity index (χ0n) is 12.6. The van der Waals surface area contributed by atoms with Gasteiger partial charge in [-0.3, -0.25) is 16.0 Å². The number of nitrogens with one attached hydrogen (secondary N) is 1. The summed E-state index contributed by atoms with van der Waals surface area (Å²) in [5.74, 6) is 6.04. The molecule has 1 aromatic carbocycles. The predicted octanol–water partition coefficient (Wildman–Crippen LogP) is 1.66. The number of hydrogen-bond acceptors (Lipinski definition) is 6. The van der Waals surface area contributed by atoms with Crippen molar-refractivity contribution in [2.24, 2.45) is 11.8 Å². The van der Waals surface area contributed by atoms with Gasteiger partial charge in [-0.25, -0.2) is 0 Å². The van der Waals surface area contributed by atoms with Crippen LogP contribution in [0, 0.1) is 16.0 Å². The van der Waals surface area contributed by atoms with Crippen LogP contribution in [0.4, 0.5) is 17.1 Å². The first-order chi connectivity index (χ1) is 10.0. The summed E-state index contributed by atoms with van der Waals surface area (Å²) < 4.78 is 0. The van der Waals surface area contributed by atoms with Crippen molar-refractivity contribution in [3.05, 3.63) is 28.3 Å². The summed E-state index contributed by atoms with van der Waals surface area (Å²) in [6.07, 6.45) is 2.10. The molecule has 1 saturated heterocycles. The molecule has 1 aliphatic rings. The Morgan fingerprint density at radius 1 is 1.43 bits per heavy atom. The number of nitrogens with two attached hydrogens (primary N) is 1. The number of nitro benzene ring substituents is 1. The van der Waals surface area contributed by atoms with Crippen LogP contribution in [0.5, 0.6) is 0 Å². The monoisotopic (exact) mass is 293 g/mol. The van der Waals surface area contributed by atoms with E-state index in [0.29, 0.717) is 17.3 Å². The maximum atomic E-state index is 11.3. The molecule has 0 spiro atoms. The number of rotatable bonds is 5. The lowest BCUT2D eigenvalue weighted by atomic mass is 9.96. The number of hydrazine groups is 1. The van der Waals surface area contributed by atoms with Crippen LogP contribution < -0.4 is 16.2 Å². The van der Waals surface area contributed by atoms with E-state index in [0.717, 1.165) is 32.5 Å². The smallest absolute Gasteiger partial charge is 0.316 e. The Balaban J connectivity index is 2.15. The van der Waals surface area contributed by atoms with Crippen LogP contribution >= 0.6 is 0 Å². The van der Waals surface area contributed by atoms with Crippen LogP contribution in [0.3, 0.4) is 0 Å². The fourth-order valence-corrected chi connectivity index (χ4v) is 2.97. The summed E-state index contributed by atoms with van der Waals surface area (Å²) in [7, 11) is 4.15. The zero-order chi connectivity index (χ0) is 15.4. The Bertz CT molecular complexity index is 498. The Labute approximate surface area is 124 Å². The van der Waals surface area contributed by atoms with Gasteiger partial charge in [-0.1, -0.05) is 6.07 Å². The van der Waals surface area contributed by atoms with E-state index >= 15 is 0 Å². The van der Waals surface area contributed by atoms with E-state index in [1.807, 2.05) is 0 Å². The molecular formula is C14H23N5O2. The van der Waals surface area contributed by atoms with Crippen molar-refractivity contribution in [3.8, 4) is 0 Å². The lowest BCUT2D eigenvalue weighted by molar-refractivity contribution is -0.383. The highest BCUT2D eigenvalue weighted by molar-refractivity contribution is 5.76. The summed E-state index contributed by atoms with van der Waals surface area (Å²) in [5, 5.41) is 11.3. The number of piperidine rings is 1. The number of anilines is 2. The lowest BCUT2D eigenvalue weighted by Crippen LogP contribution is -2.37. The molecule has 7 heteroatoms. The molecule has 3 N–H and O–H groups in total. The fraction of sp³-hybridized carbons (Fsp3) is 0.571. The van der Waals surface area contributed by atoms with E-state index in [2.05, 4.69) is 29.3 Å². The van der Waals surface area contributed by atoms with Gasteiger partial charge in [-0.15, -0.1) is 0 Å². The first-order valence-corrected chi connectivity index (χ1v) is 7.16. The molecule has 0 saturated carbocycles. The third-order valence-electron chi connectivity index (χ3n) is 3.93. The number of hydrogen-bond donors (Lipinski definition) is 2. The Kier molecular flexibility index (Phi) is 4.98. The number of para-hydroxylation sites is 1. The maximum Gasteiger partial charge on any atom is 0.316 e. The van der Waals surface area contributed by atoms with Crippen LogP contribution in [0.1, 0.15) is 12.8 Å². The third kappa shape index (κ3) is 3.62. The SMILES string of the molecule is CN(C)CC1CCN(c2cccc(NN)c2[N+](=O)[O-])CC1. The molecule has 0 amide bonds. The van der Waals surface area contributed by atoms with Gasteiger partial charge in [-0.05, 0) is 45.0 Å². The normalized spacial score (nSPS) is 16.3. The van der Waals surface area contributed by atoms with Crippen molar-refractivity contribution in [2.45, 2.75) is 12.8 Å². The van der Waals surface area contributed by atoms with E-state index < -0.39 is 0 Å². The minimum atomic E-state index is -0.365. The molecule has 0 aliphatic carbocycles. The van der Waals surface area contributed by atoms with Crippen molar-refractivity contribution in [1.29, 1.82) is 0 Å². The van der Waals surface area contributed by atoms with Crippen molar-refractivity contribution in [3.63, 3.8) is 0 Å². The fourth-order valence-electron chi connectivity index (χ4n) is 2.97. The van der Waals surface area contributed by atoms with Gasteiger partial charge in [0.2, 0.25) is 0 Å². The van der Waals surface area contributed by atoms with Crippen molar-refractivity contribution >= 4 is 17.1 Å². The Morgan fingerprint density at radius 2 is 2.10 bits per heavy atom. The van der Waals surface area contributed by atoms with Crippen LogP contribution in [0.25, 0.3) is 0 Å². The standard InChI is InChI=1S/C14H23N5O2/c1-17(2)10-11-6-8-18(9-7-11)13-5-3-4-12(16-15)14(13)19(20)21/h3-5,11,16H,6-10,15H2,1-2H3. The highest BCUT2D eigenvalue weighted by Gasteiger charge is 2.27. The molecular weight excluding hydrogens is 270 g/mol. The van der Waals surface area contributed by atoms with Gasteiger partial charge >= 0.3 is 5.69 Å². The molecule has 1 aromatic rings. The molecule has 7 nitrogen and oxygen atoms in total. The van der Waals surface area contributed by atoms with E-state index in [4.69, 9.17) is 5.84 Å². The highest BCUT2D eigenvalue weighted by Crippen LogP contribution is 2.36. The van der Waals surface area contributed by atoms with Crippen LogP contribution in [-0.2, 0) is 0 Å². The largest absolute Gasteiger partial charge is 0.366 e. The van der Waals surface area contributed by atoms with Crippen molar-refractivity contribution in [1.82, 2.24) is 4.90 Å². The Morgan fingerprint density at radius 3 is 2.62 bits per heavy atom. The molecule has 21 heavy (non-hydrogen) atoms. The number of nitrogen functional groups attached to an aromatic ring is 1. The molecule has 1 aliphatic heterocycles. The third-order valence-corrected chi connectivity index (χ3v) is 3.93. The van der Waals surface area contributed by atoms with E-state index in [9.17, 15) is 10.1 Å². The van der Waals surface area contributed by atoms with Gasteiger partial charge in [0.05, 0.1) is 4.92 Å². The molecule has 1 fully saturated rings. The second-order valence-electron chi connectivity index (χ2n) is 5.77. The summed E-state index contributed by atoms with van der Waals surface area (Å²) in [6.45, 7) is 2.75. The minimum Gasteiger partial charge on any atom is -0.366 e. The summed E-state index contributed by atoms with van der Waals surface area (Å²) >= 11 is 0. The van der Waals surface area contributed by atoms with Gasteiger partial charge < -0.3 is 15.2 Å². The number of nitro groups is 1. The van der Waals surface area contributed by atoms with Crippen LogP contribution in [-0.4, -0.2) is 43.6 Å². The zero-order valence-corrected chi connectivity index (χ0v) is 12.6. The second-order valence-corrected chi connectivity index (χ2v) is 5.77. The van der Waals surface area contributed by atoms with E-state index in [-0.39, 0.29) is 10.6 Å². The van der Waals surface area contributed by atoms with Gasteiger partial charge in [0.25, 0.3) is 0 Å². The first kappa shape index (κ1) is 15.5. The van der Waals surface area contributed by atoms with Crippen LogP contribution in [0.2, 0.25) is 0 Å².